The molecule has 2 unspecified atom stereocenters. The fourth-order valence-electron chi connectivity index (χ4n) is 3.58. The molecule has 0 spiro atoms. The van der Waals surface area contributed by atoms with Crippen LogP contribution in [0.3, 0.4) is 0 Å². The minimum Gasteiger partial charge on any atom is -0.386 e. The van der Waals surface area contributed by atoms with Crippen LogP contribution in [0, 0.1) is 0 Å². The summed E-state index contributed by atoms with van der Waals surface area (Å²) in [6, 6.07) is 12.9. The van der Waals surface area contributed by atoms with Gasteiger partial charge in [0, 0.05) is 17.8 Å². The Hall–Kier alpha value is -2.32. The van der Waals surface area contributed by atoms with Gasteiger partial charge < -0.3 is 14.6 Å². The molecule has 2 N–H and O–H groups in total. The van der Waals surface area contributed by atoms with Crippen LogP contribution in [0.2, 0.25) is 0 Å². The Balaban J connectivity index is 1.94. The van der Waals surface area contributed by atoms with E-state index in [1.165, 1.54) is 11.3 Å². The number of aliphatic hydroxyl groups is 1. The van der Waals surface area contributed by atoms with Gasteiger partial charge in [-0.1, -0.05) is 30.3 Å². The van der Waals surface area contributed by atoms with Crippen LogP contribution in [-0.4, -0.2) is 18.9 Å². The third-order valence-corrected chi connectivity index (χ3v) is 6.24. The number of benzene rings is 2. The number of rotatable bonds is 4. The Morgan fingerprint density at radius 2 is 1.96 bits per heavy atom. The molecule has 7 heteroatoms. The molecule has 1 aliphatic rings. The maximum atomic E-state index is 11.5. The number of thiazole rings is 1. The van der Waals surface area contributed by atoms with E-state index in [0.717, 1.165) is 27.4 Å². The van der Waals surface area contributed by atoms with Gasteiger partial charge in [-0.15, -0.1) is 11.3 Å². The summed E-state index contributed by atoms with van der Waals surface area (Å²) in [5.41, 5.74) is 2.65. The molecule has 3 aromatic rings. The number of fused-ring (bicyclic) bond motifs is 1. The van der Waals surface area contributed by atoms with Gasteiger partial charge in [-0.2, -0.15) is 0 Å². The van der Waals surface area contributed by atoms with Crippen LogP contribution >= 0.6 is 11.3 Å². The molecule has 1 aliphatic heterocycles. The molecular weight excluding hydrogens is 392 g/mol. The Labute approximate surface area is 170 Å². The lowest BCUT2D eigenvalue weighted by Gasteiger charge is -2.36. The van der Waals surface area contributed by atoms with Crippen molar-refractivity contribution in [1.29, 1.82) is 0 Å². The van der Waals surface area contributed by atoms with E-state index in [4.69, 9.17) is 0 Å². The van der Waals surface area contributed by atoms with Crippen molar-refractivity contribution in [2.24, 2.45) is 0 Å². The Morgan fingerprint density at radius 3 is 2.64 bits per heavy atom. The standard InChI is InChI=1S/C21H20N2O3S2/c1-21(2,24)18-6-4-3-5-17(18)19-16-8-7-15(28(25)26)13-14(16)9-11-23(19)20-22-10-12-27-20/h3-13,19,24H,1-2H3,(H,25,26). The van der Waals surface area contributed by atoms with Crippen molar-refractivity contribution in [2.75, 3.05) is 4.90 Å². The predicted octanol–water partition coefficient (Wildman–Crippen LogP) is 4.53. The van der Waals surface area contributed by atoms with Gasteiger partial charge >= 0.3 is 0 Å². The van der Waals surface area contributed by atoms with Crippen LogP contribution in [0.4, 0.5) is 5.13 Å². The molecule has 0 fully saturated rings. The van der Waals surface area contributed by atoms with Crippen molar-refractivity contribution in [2.45, 2.75) is 30.4 Å². The highest BCUT2D eigenvalue weighted by molar-refractivity contribution is 7.79. The fourth-order valence-corrected chi connectivity index (χ4v) is 4.64. The maximum absolute atomic E-state index is 11.5. The summed E-state index contributed by atoms with van der Waals surface area (Å²) in [6.45, 7) is 3.55. The van der Waals surface area contributed by atoms with Crippen molar-refractivity contribution in [3.05, 3.63) is 82.5 Å². The third-order valence-electron chi connectivity index (χ3n) is 4.80. The number of hydrogen-bond donors (Lipinski definition) is 2. The molecule has 0 saturated heterocycles. The van der Waals surface area contributed by atoms with Crippen LogP contribution in [0.15, 0.2) is 65.1 Å². The lowest BCUT2D eigenvalue weighted by atomic mass is 9.84. The van der Waals surface area contributed by atoms with E-state index in [0.29, 0.717) is 4.90 Å². The second-order valence-electron chi connectivity index (χ2n) is 7.13. The van der Waals surface area contributed by atoms with E-state index in [1.807, 2.05) is 48.0 Å². The largest absolute Gasteiger partial charge is 0.386 e. The average Bonchev–Trinajstić information content (AvgIpc) is 3.20. The minimum absolute atomic E-state index is 0.213. The molecule has 144 valence electrons. The average molecular weight is 413 g/mol. The van der Waals surface area contributed by atoms with Gasteiger partial charge in [0.05, 0.1) is 16.5 Å². The van der Waals surface area contributed by atoms with E-state index in [9.17, 15) is 13.9 Å². The van der Waals surface area contributed by atoms with Gasteiger partial charge in [-0.25, -0.2) is 9.19 Å². The summed E-state index contributed by atoms with van der Waals surface area (Å²) in [6.07, 6.45) is 5.63. The summed E-state index contributed by atoms with van der Waals surface area (Å²) in [4.78, 5) is 6.91. The Bertz CT molecular complexity index is 1060. The van der Waals surface area contributed by atoms with Gasteiger partial charge in [0.1, 0.15) is 0 Å². The molecule has 0 saturated carbocycles. The molecule has 0 amide bonds. The van der Waals surface area contributed by atoms with Crippen LogP contribution in [0.25, 0.3) is 6.08 Å². The Kier molecular flexibility index (Phi) is 4.93. The molecule has 5 nitrogen and oxygen atoms in total. The molecule has 4 rings (SSSR count). The molecule has 2 aromatic carbocycles. The van der Waals surface area contributed by atoms with E-state index < -0.39 is 16.7 Å². The monoisotopic (exact) mass is 412 g/mol. The zero-order valence-corrected chi connectivity index (χ0v) is 17.1. The third kappa shape index (κ3) is 3.42. The van der Waals surface area contributed by atoms with E-state index in [2.05, 4.69) is 9.88 Å². The van der Waals surface area contributed by atoms with E-state index in [-0.39, 0.29) is 6.04 Å². The first-order valence-electron chi connectivity index (χ1n) is 8.79. The molecule has 0 aliphatic carbocycles. The second kappa shape index (κ2) is 7.25. The highest BCUT2D eigenvalue weighted by Gasteiger charge is 2.32. The maximum Gasteiger partial charge on any atom is 0.190 e. The van der Waals surface area contributed by atoms with Crippen LogP contribution in [0.5, 0.6) is 0 Å². The van der Waals surface area contributed by atoms with Crippen molar-refractivity contribution < 1.29 is 13.9 Å². The summed E-state index contributed by atoms with van der Waals surface area (Å²) < 4.78 is 21.0. The molecule has 2 heterocycles. The summed E-state index contributed by atoms with van der Waals surface area (Å²) in [5, 5.41) is 13.5. The van der Waals surface area contributed by atoms with Crippen molar-refractivity contribution >= 4 is 33.6 Å². The second-order valence-corrected chi connectivity index (χ2v) is 8.97. The summed E-state index contributed by atoms with van der Waals surface area (Å²) in [7, 11) is 0. The normalized spacial score (nSPS) is 17.4. The first kappa shape index (κ1) is 19.0. The van der Waals surface area contributed by atoms with Gasteiger partial charge in [0.25, 0.3) is 0 Å². The quantitative estimate of drug-likeness (QED) is 0.616. The van der Waals surface area contributed by atoms with Crippen LogP contribution < -0.4 is 4.90 Å². The lowest BCUT2D eigenvalue weighted by Crippen LogP contribution is -2.30. The SMILES string of the molecule is CC(C)(O)c1ccccc1C1c2ccc(S(=O)O)cc2C=CN1c1nccs1. The molecule has 0 radical (unpaired) electrons. The number of anilines is 1. The smallest absolute Gasteiger partial charge is 0.190 e. The van der Waals surface area contributed by atoms with Gasteiger partial charge in [-0.05, 0) is 54.3 Å². The van der Waals surface area contributed by atoms with Crippen LogP contribution in [-0.2, 0) is 16.7 Å². The van der Waals surface area contributed by atoms with E-state index in [1.54, 1.807) is 32.2 Å². The Morgan fingerprint density at radius 1 is 1.18 bits per heavy atom. The van der Waals surface area contributed by atoms with Gasteiger partial charge in [0.15, 0.2) is 16.2 Å². The van der Waals surface area contributed by atoms with E-state index >= 15 is 0 Å². The first-order valence-corrected chi connectivity index (χ1v) is 10.8. The number of nitrogens with zero attached hydrogens (tertiary/aromatic N) is 2. The number of aromatic nitrogens is 1. The molecule has 1 aromatic heterocycles. The van der Waals surface area contributed by atoms with Crippen LogP contribution in [0.1, 0.15) is 42.1 Å². The topological polar surface area (TPSA) is 73.7 Å². The van der Waals surface area contributed by atoms with Gasteiger partial charge in [-0.3, -0.25) is 0 Å². The highest BCUT2D eigenvalue weighted by atomic mass is 32.2. The van der Waals surface area contributed by atoms with Crippen molar-refractivity contribution in [3.63, 3.8) is 0 Å². The van der Waals surface area contributed by atoms with Crippen molar-refractivity contribution in [1.82, 2.24) is 4.98 Å². The lowest BCUT2D eigenvalue weighted by molar-refractivity contribution is 0.0774. The predicted molar refractivity (Wildman–Crippen MR) is 113 cm³/mol. The molecular formula is C21H20N2O3S2. The zero-order chi connectivity index (χ0) is 19.9. The fraction of sp³-hybridized carbons (Fsp3) is 0.190. The minimum atomic E-state index is -2.04. The molecule has 2 atom stereocenters. The van der Waals surface area contributed by atoms with Gasteiger partial charge in [0.2, 0.25) is 0 Å². The molecule has 28 heavy (non-hydrogen) atoms. The van der Waals surface area contributed by atoms with Crippen molar-refractivity contribution in [3.8, 4) is 0 Å². The first-order chi connectivity index (χ1) is 13.4. The summed E-state index contributed by atoms with van der Waals surface area (Å²) in [5.74, 6) is 0. The number of hydrogen-bond acceptors (Lipinski definition) is 5. The molecule has 0 bridgehead atoms. The summed E-state index contributed by atoms with van der Waals surface area (Å²) >= 11 is -0.501. The zero-order valence-electron chi connectivity index (χ0n) is 15.4. The highest BCUT2D eigenvalue weighted by Crippen LogP contribution is 2.42.